The summed E-state index contributed by atoms with van der Waals surface area (Å²) in [6.07, 6.45) is 3.13. The van der Waals surface area contributed by atoms with E-state index in [9.17, 15) is 9.59 Å². The average molecular weight is 390 g/mol. The predicted molar refractivity (Wildman–Crippen MR) is 103 cm³/mol. The summed E-state index contributed by atoms with van der Waals surface area (Å²) in [6.45, 7) is 5.38. The molecular weight excluding hydrogens is 366 g/mol. The normalized spacial score (nSPS) is 14.3. The van der Waals surface area contributed by atoms with Gasteiger partial charge in [0.15, 0.2) is 6.61 Å². The van der Waals surface area contributed by atoms with Gasteiger partial charge in [-0.1, -0.05) is 41.4 Å². The Morgan fingerprint density at radius 3 is 2.44 bits per heavy atom. The Hall–Kier alpha value is -2.34. The molecule has 0 atom stereocenters. The standard InChI is InChI=1S/C20H24ClN3O3/c1-14-6-8-16(9-7-14)12-24-19(21)18(15(2)22-24)20(26)27-13-17(25)23-10-4-3-5-11-23/h6-9H,3-5,10-13H2,1-2H3. The molecular formula is C20H24ClN3O3. The fraction of sp³-hybridized carbons (Fsp3) is 0.450. The number of nitrogens with zero attached hydrogens (tertiary/aromatic N) is 3. The SMILES string of the molecule is Cc1ccc(Cn2nc(C)c(C(=O)OCC(=O)N3CCCCC3)c2Cl)cc1. The monoisotopic (exact) mass is 389 g/mol. The maximum absolute atomic E-state index is 12.5. The molecule has 0 unspecified atom stereocenters. The summed E-state index contributed by atoms with van der Waals surface area (Å²) in [5.41, 5.74) is 2.91. The zero-order chi connectivity index (χ0) is 19.4. The molecule has 1 aliphatic rings. The number of aromatic nitrogens is 2. The largest absolute Gasteiger partial charge is 0.452 e. The highest BCUT2D eigenvalue weighted by atomic mass is 35.5. The molecule has 1 aromatic carbocycles. The van der Waals surface area contributed by atoms with Crippen LogP contribution in [0.25, 0.3) is 0 Å². The Balaban J connectivity index is 1.65. The van der Waals surface area contributed by atoms with Crippen molar-refractivity contribution in [3.05, 3.63) is 51.8 Å². The van der Waals surface area contributed by atoms with E-state index in [0.29, 0.717) is 12.2 Å². The van der Waals surface area contributed by atoms with Crippen LogP contribution in [0.2, 0.25) is 5.15 Å². The number of hydrogen-bond donors (Lipinski definition) is 0. The van der Waals surface area contributed by atoms with Crippen LogP contribution in [-0.2, 0) is 16.1 Å². The number of aryl methyl sites for hydroxylation is 2. The van der Waals surface area contributed by atoms with E-state index in [1.165, 1.54) is 5.56 Å². The second-order valence-electron chi connectivity index (χ2n) is 6.91. The molecule has 6 nitrogen and oxygen atoms in total. The number of carbonyl (C=O) groups excluding carboxylic acids is 2. The molecule has 2 aromatic rings. The number of esters is 1. The van der Waals surface area contributed by atoms with Gasteiger partial charge in [-0.3, -0.25) is 4.79 Å². The minimum Gasteiger partial charge on any atom is -0.452 e. The van der Waals surface area contributed by atoms with Crippen molar-refractivity contribution in [3.8, 4) is 0 Å². The summed E-state index contributed by atoms with van der Waals surface area (Å²) in [7, 11) is 0. The minimum absolute atomic E-state index is 0.163. The zero-order valence-electron chi connectivity index (χ0n) is 15.7. The molecule has 0 spiro atoms. The molecule has 1 aliphatic heterocycles. The summed E-state index contributed by atoms with van der Waals surface area (Å²) in [5.74, 6) is -0.776. The Kier molecular flexibility index (Phi) is 6.16. The number of benzene rings is 1. The summed E-state index contributed by atoms with van der Waals surface area (Å²) < 4.78 is 6.79. The fourth-order valence-corrected chi connectivity index (χ4v) is 3.50. The van der Waals surface area contributed by atoms with Gasteiger partial charge >= 0.3 is 5.97 Å². The van der Waals surface area contributed by atoms with Crippen LogP contribution in [0.3, 0.4) is 0 Å². The fourth-order valence-electron chi connectivity index (χ4n) is 3.19. The Bertz CT molecular complexity index is 824. The van der Waals surface area contributed by atoms with Gasteiger partial charge < -0.3 is 9.64 Å². The number of likely N-dealkylation sites (tertiary alicyclic amines) is 1. The molecule has 0 radical (unpaired) electrons. The Labute approximate surface area is 164 Å². The second-order valence-corrected chi connectivity index (χ2v) is 7.27. The van der Waals surface area contributed by atoms with Gasteiger partial charge in [0.25, 0.3) is 5.91 Å². The lowest BCUT2D eigenvalue weighted by Gasteiger charge is -2.26. The summed E-state index contributed by atoms with van der Waals surface area (Å²) in [6, 6.07) is 8.03. The van der Waals surface area contributed by atoms with Crippen LogP contribution in [0.4, 0.5) is 0 Å². The summed E-state index contributed by atoms with van der Waals surface area (Å²) in [5, 5.41) is 4.58. The van der Waals surface area contributed by atoms with Gasteiger partial charge in [-0.05, 0) is 38.7 Å². The minimum atomic E-state index is -0.613. The maximum Gasteiger partial charge on any atom is 0.343 e. The zero-order valence-corrected chi connectivity index (χ0v) is 16.5. The van der Waals surface area contributed by atoms with Crippen LogP contribution in [0.15, 0.2) is 24.3 Å². The van der Waals surface area contributed by atoms with Crippen LogP contribution in [0.5, 0.6) is 0 Å². The number of hydrogen-bond acceptors (Lipinski definition) is 4. The van der Waals surface area contributed by atoms with Crippen molar-refractivity contribution in [2.24, 2.45) is 0 Å². The van der Waals surface area contributed by atoms with Crippen LogP contribution in [0, 0.1) is 13.8 Å². The third-order valence-corrected chi connectivity index (χ3v) is 5.14. The first-order valence-electron chi connectivity index (χ1n) is 9.19. The summed E-state index contributed by atoms with van der Waals surface area (Å²) in [4.78, 5) is 26.4. The van der Waals surface area contributed by atoms with Gasteiger partial charge in [-0.2, -0.15) is 5.10 Å². The first-order chi connectivity index (χ1) is 13.0. The second kappa shape index (κ2) is 8.57. The lowest BCUT2D eigenvalue weighted by atomic mass is 10.1. The Morgan fingerprint density at radius 2 is 1.78 bits per heavy atom. The van der Waals surface area contributed by atoms with Crippen molar-refractivity contribution < 1.29 is 14.3 Å². The van der Waals surface area contributed by atoms with E-state index in [0.717, 1.165) is 37.9 Å². The van der Waals surface area contributed by atoms with Crippen molar-refractivity contribution in [2.75, 3.05) is 19.7 Å². The first kappa shape index (κ1) is 19.4. The van der Waals surface area contributed by atoms with Gasteiger partial charge in [-0.15, -0.1) is 0 Å². The van der Waals surface area contributed by atoms with Crippen LogP contribution < -0.4 is 0 Å². The van der Waals surface area contributed by atoms with Gasteiger partial charge in [-0.25, -0.2) is 9.48 Å². The van der Waals surface area contributed by atoms with E-state index < -0.39 is 5.97 Å². The van der Waals surface area contributed by atoms with E-state index in [-0.39, 0.29) is 23.2 Å². The van der Waals surface area contributed by atoms with Crippen molar-refractivity contribution >= 4 is 23.5 Å². The van der Waals surface area contributed by atoms with Gasteiger partial charge in [0.2, 0.25) is 0 Å². The molecule has 1 fully saturated rings. The van der Waals surface area contributed by atoms with Gasteiger partial charge in [0.05, 0.1) is 12.2 Å². The number of carbonyl (C=O) groups is 2. The van der Waals surface area contributed by atoms with Gasteiger partial charge in [0.1, 0.15) is 10.7 Å². The summed E-state index contributed by atoms with van der Waals surface area (Å²) >= 11 is 6.37. The number of amides is 1. The molecule has 27 heavy (non-hydrogen) atoms. The van der Waals surface area contributed by atoms with Crippen molar-refractivity contribution in [1.82, 2.24) is 14.7 Å². The van der Waals surface area contributed by atoms with Crippen molar-refractivity contribution in [2.45, 2.75) is 39.7 Å². The molecule has 3 rings (SSSR count). The molecule has 0 aliphatic carbocycles. The molecule has 2 heterocycles. The van der Waals surface area contributed by atoms with Gasteiger partial charge in [0, 0.05) is 13.1 Å². The number of rotatable bonds is 5. The molecule has 0 bridgehead atoms. The third kappa shape index (κ3) is 4.69. The third-order valence-electron chi connectivity index (χ3n) is 4.76. The van der Waals surface area contributed by atoms with E-state index in [1.54, 1.807) is 16.5 Å². The highest BCUT2D eigenvalue weighted by molar-refractivity contribution is 6.32. The lowest BCUT2D eigenvalue weighted by Crippen LogP contribution is -2.38. The van der Waals surface area contributed by atoms with Crippen molar-refractivity contribution in [1.29, 1.82) is 0 Å². The molecule has 0 N–H and O–H groups in total. The Morgan fingerprint density at radius 1 is 1.11 bits per heavy atom. The average Bonchev–Trinajstić information content (AvgIpc) is 2.95. The first-order valence-corrected chi connectivity index (χ1v) is 9.57. The van der Waals surface area contributed by atoms with E-state index in [2.05, 4.69) is 5.10 Å². The van der Waals surface area contributed by atoms with E-state index in [4.69, 9.17) is 16.3 Å². The van der Waals surface area contributed by atoms with Crippen LogP contribution in [-0.4, -0.2) is 46.3 Å². The quantitative estimate of drug-likeness (QED) is 0.735. The lowest BCUT2D eigenvalue weighted by molar-refractivity contribution is -0.135. The molecule has 1 amide bonds. The highest BCUT2D eigenvalue weighted by Gasteiger charge is 2.24. The number of halogens is 1. The number of ether oxygens (including phenoxy) is 1. The number of piperidine rings is 1. The molecule has 1 aromatic heterocycles. The molecule has 0 saturated carbocycles. The predicted octanol–water partition coefficient (Wildman–Crippen LogP) is 3.37. The topological polar surface area (TPSA) is 64.4 Å². The van der Waals surface area contributed by atoms with E-state index >= 15 is 0 Å². The van der Waals surface area contributed by atoms with Crippen LogP contribution >= 0.6 is 11.6 Å². The van der Waals surface area contributed by atoms with Crippen molar-refractivity contribution in [3.63, 3.8) is 0 Å². The highest BCUT2D eigenvalue weighted by Crippen LogP contribution is 2.22. The molecule has 1 saturated heterocycles. The molecule has 144 valence electrons. The maximum atomic E-state index is 12.5. The molecule has 7 heteroatoms. The van der Waals surface area contributed by atoms with Crippen LogP contribution in [0.1, 0.15) is 46.4 Å². The van der Waals surface area contributed by atoms with E-state index in [1.807, 2.05) is 31.2 Å². The smallest absolute Gasteiger partial charge is 0.343 e.